The number of hydrogen-bond acceptors (Lipinski definition) is 4. The van der Waals surface area contributed by atoms with Gasteiger partial charge in [-0.05, 0) is 48.5 Å². The average molecular weight is 411 g/mol. The van der Waals surface area contributed by atoms with Crippen LogP contribution < -0.4 is 14.4 Å². The molecule has 2 heterocycles. The number of fused-ring (bicyclic) bond motifs is 1. The van der Waals surface area contributed by atoms with Crippen molar-refractivity contribution in [2.75, 3.05) is 11.7 Å². The van der Waals surface area contributed by atoms with Crippen LogP contribution in [0.2, 0.25) is 0 Å². The summed E-state index contributed by atoms with van der Waals surface area (Å²) in [4.78, 5) is 19.4. The van der Waals surface area contributed by atoms with E-state index in [1.165, 1.54) is 0 Å². The highest BCUT2D eigenvalue weighted by Crippen LogP contribution is 2.36. The normalized spacial score (nSPS) is 12.0. The number of anilines is 1. The first kappa shape index (κ1) is 16.6. The first-order valence-corrected chi connectivity index (χ1v) is 8.87. The maximum absolute atomic E-state index is 13.3. The number of ether oxygens (including phenoxy) is 2. The molecule has 0 fully saturated rings. The molecule has 130 valence electrons. The zero-order chi connectivity index (χ0) is 17.9. The summed E-state index contributed by atoms with van der Waals surface area (Å²) in [6.07, 6.45) is 1.72. The first-order chi connectivity index (χ1) is 12.7. The molecule has 3 aromatic rings. The molecule has 1 aromatic heterocycles. The number of nitrogens with zero attached hydrogens (tertiary/aromatic N) is 2. The molecule has 0 saturated carbocycles. The molecule has 0 aliphatic carbocycles. The van der Waals surface area contributed by atoms with Crippen molar-refractivity contribution >= 4 is 27.5 Å². The molecular formula is C20H15BrN2O3. The van der Waals surface area contributed by atoms with E-state index in [0.717, 1.165) is 15.9 Å². The molecular weight excluding hydrogens is 396 g/mol. The van der Waals surface area contributed by atoms with Gasteiger partial charge in [-0.3, -0.25) is 9.78 Å². The van der Waals surface area contributed by atoms with E-state index in [1.54, 1.807) is 29.3 Å². The Labute approximate surface area is 159 Å². The van der Waals surface area contributed by atoms with E-state index >= 15 is 0 Å². The third kappa shape index (κ3) is 3.28. The van der Waals surface area contributed by atoms with Crippen LogP contribution in [0.1, 0.15) is 16.1 Å². The van der Waals surface area contributed by atoms with E-state index in [-0.39, 0.29) is 12.7 Å². The number of halogens is 1. The third-order valence-electron chi connectivity index (χ3n) is 4.06. The molecule has 1 aliphatic rings. The summed E-state index contributed by atoms with van der Waals surface area (Å²) in [6, 6.07) is 18.6. The summed E-state index contributed by atoms with van der Waals surface area (Å²) in [6.45, 7) is 0.476. The minimum atomic E-state index is -0.166. The van der Waals surface area contributed by atoms with Crippen molar-refractivity contribution < 1.29 is 14.3 Å². The fourth-order valence-corrected chi connectivity index (χ4v) is 3.06. The van der Waals surface area contributed by atoms with Gasteiger partial charge in [-0.2, -0.15) is 0 Å². The van der Waals surface area contributed by atoms with Gasteiger partial charge in [0.1, 0.15) is 0 Å². The van der Waals surface area contributed by atoms with Crippen molar-refractivity contribution in [1.29, 1.82) is 0 Å². The molecule has 6 heteroatoms. The summed E-state index contributed by atoms with van der Waals surface area (Å²) >= 11 is 3.43. The van der Waals surface area contributed by atoms with Gasteiger partial charge in [-0.25, -0.2) is 0 Å². The Bertz CT molecular complexity index is 930. The van der Waals surface area contributed by atoms with E-state index < -0.39 is 0 Å². The maximum atomic E-state index is 13.3. The number of para-hydroxylation sites is 1. The summed E-state index contributed by atoms with van der Waals surface area (Å²) in [5.74, 6) is 0.908. The number of carbonyl (C=O) groups excluding carboxylic acids is 1. The van der Waals surface area contributed by atoms with Gasteiger partial charge >= 0.3 is 0 Å². The summed E-state index contributed by atoms with van der Waals surface area (Å²) < 4.78 is 11.9. The molecule has 0 radical (unpaired) electrons. The van der Waals surface area contributed by atoms with E-state index in [2.05, 4.69) is 20.9 Å². The summed E-state index contributed by atoms with van der Waals surface area (Å²) in [5, 5.41) is 0. The number of rotatable bonds is 4. The highest BCUT2D eigenvalue weighted by molar-refractivity contribution is 9.10. The van der Waals surface area contributed by atoms with Crippen molar-refractivity contribution in [3.05, 3.63) is 82.6 Å². The van der Waals surface area contributed by atoms with Crippen molar-refractivity contribution in [3.8, 4) is 11.5 Å². The first-order valence-electron chi connectivity index (χ1n) is 8.08. The molecule has 26 heavy (non-hydrogen) atoms. The predicted octanol–water partition coefficient (Wildman–Crippen LogP) is 4.42. The van der Waals surface area contributed by atoms with Gasteiger partial charge in [0.2, 0.25) is 6.79 Å². The van der Waals surface area contributed by atoms with E-state index in [1.807, 2.05) is 42.5 Å². The zero-order valence-corrected chi connectivity index (χ0v) is 15.3. The number of pyridine rings is 1. The molecule has 0 atom stereocenters. The fourth-order valence-electron chi connectivity index (χ4n) is 2.80. The Balaban J connectivity index is 1.74. The maximum Gasteiger partial charge on any atom is 0.262 e. The number of amides is 1. The second-order valence-corrected chi connectivity index (χ2v) is 6.64. The van der Waals surface area contributed by atoms with Crippen LogP contribution in [0.25, 0.3) is 0 Å². The monoisotopic (exact) mass is 410 g/mol. The van der Waals surface area contributed by atoms with Crippen LogP contribution in [0.3, 0.4) is 0 Å². The Morgan fingerprint density at radius 2 is 1.88 bits per heavy atom. The zero-order valence-electron chi connectivity index (χ0n) is 13.8. The minimum absolute atomic E-state index is 0.123. The average Bonchev–Trinajstić information content (AvgIpc) is 3.16. The molecule has 4 rings (SSSR count). The van der Waals surface area contributed by atoms with Crippen LogP contribution in [0.4, 0.5) is 5.69 Å². The molecule has 0 saturated heterocycles. The standard InChI is InChI=1S/C20H15BrN2O3/c21-14-7-9-16(10-8-14)23(12-15-4-1-2-11-22-15)20(24)17-5-3-6-18-19(17)26-13-25-18/h1-11H,12-13H2. The van der Waals surface area contributed by atoms with Crippen LogP contribution in [0.15, 0.2) is 71.3 Å². The van der Waals surface area contributed by atoms with Crippen molar-refractivity contribution in [2.45, 2.75) is 6.54 Å². The Morgan fingerprint density at radius 3 is 2.65 bits per heavy atom. The van der Waals surface area contributed by atoms with Gasteiger partial charge < -0.3 is 14.4 Å². The van der Waals surface area contributed by atoms with Crippen LogP contribution in [0, 0.1) is 0 Å². The van der Waals surface area contributed by atoms with Crippen molar-refractivity contribution in [2.24, 2.45) is 0 Å². The lowest BCUT2D eigenvalue weighted by Gasteiger charge is -2.23. The third-order valence-corrected chi connectivity index (χ3v) is 4.59. The number of hydrogen-bond donors (Lipinski definition) is 0. The van der Waals surface area contributed by atoms with Crippen LogP contribution >= 0.6 is 15.9 Å². The van der Waals surface area contributed by atoms with Crippen LogP contribution in [0.5, 0.6) is 11.5 Å². The lowest BCUT2D eigenvalue weighted by atomic mass is 10.1. The van der Waals surface area contributed by atoms with Gasteiger partial charge in [0.25, 0.3) is 5.91 Å². The van der Waals surface area contributed by atoms with Gasteiger partial charge in [0.15, 0.2) is 11.5 Å². The summed E-state index contributed by atoms with van der Waals surface area (Å²) in [5.41, 5.74) is 2.05. The lowest BCUT2D eigenvalue weighted by molar-refractivity contribution is 0.0980. The molecule has 0 unspecified atom stereocenters. The van der Waals surface area contributed by atoms with Gasteiger partial charge in [-0.15, -0.1) is 0 Å². The lowest BCUT2D eigenvalue weighted by Crippen LogP contribution is -2.31. The fraction of sp³-hybridized carbons (Fsp3) is 0.100. The number of aromatic nitrogens is 1. The predicted molar refractivity (Wildman–Crippen MR) is 101 cm³/mol. The number of benzene rings is 2. The molecule has 0 spiro atoms. The van der Waals surface area contributed by atoms with E-state index in [4.69, 9.17) is 9.47 Å². The Kier molecular flexibility index (Phi) is 4.58. The second-order valence-electron chi connectivity index (χ2n) is 5.73. The highest BCUT2D eigenvalue weighted by Gasteiger charge is 2.26. The van der Waals surface area contributed by atoms with Crippen LogP contribution in [-0.2, 0) is 6.54 Å². The van der Waals surface area contributed by atoms with Gasteiger partial charge in [0, 0.05) is 16.4 Å². The SMILES string of the molecule is O=C(c1cccc2c1OCO2)N(Cc1ccccn1)c1ccc(Br)cc1. The molecule has 1 aliphatic heterocycles. The van der Waals surface area contributed by atoms with Crippen molar-refractivity contribution in [1.82, 2.24) is 4.98 Å². The summed E-state index contributed by atoms with van der Waals surface area (Å²) in [7, 11) is 0. The minimum Gasteiger partial charge on any atom is -0.454 e. The van der Waals surface area contributed by atoms with E-state index in [0.29, 0.717) is 23.6 Å². The van der Waals surface area contributed by atoms with E-state index in [9.17, 15) is 4.79 Å². The topological polar surface area (TPSA) is 51.7 Å². The Hall–Kier alpha value is -2.86. The smallest absolute Gasteiger partial charge is 0.262 e. The molecule has 5 nitrogen and oxygen atoms in total. The molecule has 2 aromatic carbocycles. The number of carbonyl (C=O) groups is 1. The highest BCUT2D eigenvalue weighted by atomic mass is 79.9. The molecule has 0 N–H and O–H groups in total. The van der Waals surface area contributed by atoms with Gasteiger partial charge in [-0.1, -0.05) is 28.1 Å². The molecule has 0 bridgehead atoms. The van der Waals surface area contributed by atoms with Gasteiger partial charge in [0.05, 0.1) is 17.8 Å². The molecule has 1 amide bonds. The largest absolute Gasteiger partial charge is 0.454 e. The Morgan fingerprint density at radius 1 is 1.04 bits per heavy atom. The van der Waals surface area contributed by atoms with Crippen LogP contribution in [-0.4, -0.2) is 17.7 Å². The van der Waals surface area contributed by atoms with Crippen molar-refractivity contribution in [3.63, 3.8) is 0 Å². The quantitative estimate of drug-likeness (QED) is 0.638. The second kappa shape index (κ2) is 7.17.